The minimum absolute atomic E-state index is 0.00809. The van der Waals surface area contributed by atoms with Crippen LogP contribution in [0.1, 0.15) is 32.3 Å². The van der Waals surface area contributed by atoms with Gasteiger partial charge in [0, 0.05) is 25.9 Å². The van der Waals surface area contributed by atoms with Gasteiger partial charge in [0.1, 0.15) is 17.9 Å². The second kappa shape index (κ2) is 8.04. The number of nitrogens with two attached hydrogens (primary N) is 1. The smallest absolute Gasteiger partial charge is 0.312 e. The summed E-state index contributed by atoms with van der Waals surface area (Å²) in [6.45, 7) is 7.07. The molecule has 6 nitrogen and oxygen atoms in total. The predicted molar refractivity (Wildman–Crippen MR) is 92.8 cm³/mol. The zero-order valence-electron chi connectivity index (χ0n) is 14.6. The van der Waals surface area contributed by atoms with Gasteiger partial charge in [-0.15, -0.1) is 0 Å². The maximum Gasteiger partial charge on any atom is 0.312 e. The lowest BCUT2D eigenvalue weighted by Crippen LogP contribution is -2.54. The maximum absolute atomic E-state index is 12.6. The summed E-state index contributed by atoms with van der Waals surface area (Å²) in [6.07, 6.45) is 1.67. The van der Waals surface area contributed by atoms with E-state index in [-0.39, 0.29) is 17.9 Å². The fraction of sp³-hybridized carbons (Fsp3) is 0.556. The van der Waals surface area contributed by atoms with Gasteiger partial charge < -0.3 is 20.7 Å². The number of hydrogen-bond acceptors (Lipinski definition) is 3. The minimum Gasteiger partial charge on any atom is -0.490 e. The molecule has 1 atom stereocenters. The quantitative estimate of drug-likeness (QED) is 0.865. The lowest BCUT2D eigenvalue weighted by molar-refractivity contribution is -0.136. The Kier molecular flexibility index (Phi) is 6.06. The van der Waals surface area contributed by atoms with E-state index in [1.54, 1.807) is 4.90 Å². The van der Waals surface area contributed by atoms with Crippen LogP contribution in [0.15, 0.2) is 24.3 Å². The van der Waals surface area contributed by atoms with Gasteiger partial charge in [-0.05, 0) is 30.5 Å². The molecule has 3 N–H and O–H groups in total. The molecule has 1 aromatic rings. The van der Waals surface area contributed by atoms with Crippen LogP contribution in [0.5, 0.6) is 5.75 Å². The largest absolute Gasteiger partial charge is 0.490 e. The SMILES string of the molecule is Cc1cccc(OC2CCN(C(=O)[C@@H](NC(N)=O)C(C)C)CC2)c1. The van der Waals surface area contributed by atoms with Crippen LogP contribution in [0.4, 0.5) is 4.79 Å². The predicted octanol–water partition coefficient (Wildman–Crippen LogP) is 2.06. The van der Waals surface area contributed by atoms with Crippen molar-refractivity contribution in [1.82, 2.24) is 10.2 Å². The van der Waals surface area contributed by atoms with Gasteiger partial charge in [0.25, 0.3) is 0 Å². The Labute approximate surface area is 143 Å². The number of carbonyl (C=O) groups is 2. The number of benzene rings is 1. The number of likely N-dealkylation sites (tertiary alicyclic amines) is 1. The van der Waals surface area contributed by atoms with Crippen molar-refractivity contribution in [3.8, 4) is 5.75 Å². The normalized spacial score (nSPS) is 16.8. The molecule has 3 amide bonds. The van der Waals surface area contributed by atoms with Gasteiger partial charge in [-0.2, -0.15) is 0 Å². The Morgan fingerprint density at radius 3 is 2.50 bits per heavy atom. The Balaban J connectivity index is 1.89. The maximum atomic E-state index is 12.6. The molecule has 0 aliphatic carbocycles. The van der Waals surface area contributed by atoms with E-state index in [2.05, 4.69) is 5.32 Å². The molecule has 6 heteroatoms. The molecule has 1 saturated heterocycles. The van der Waals surface area contributed by atoms with E-state index in [0.717, 1.165) is 24.2 Å². The van der Waals surface area contributed by atoms with Gasteiger partial charge in [0.2, 0.25) is 5.91 Å². The van der Waals surface area contributed by atoms with Crippen molar-refractivity contribution in [3.63, 3.8) is 0 Å². The molecular weight excluding hydrogens is 306 g/mol. The second-order valence-corrected chi connectivity index (χ2v) is 6.69. The Hall–Kier alpha value is -2.24. The molecule has 0 saturated carbocycles. The number of nitrogens with zero attached hydrogens (tertiary/aromatic N) is 1. The third-order valence-electron chi connectivity index (χ3n) is 4.28. The average Bonchev–Trinajstić information content (AvgIpc) is 2.52. The van der Waals surface area contributed by atoms with Gasteiger partial charge in [-0.3, -0.25) is 4.79 Å². The summed E-state index contributed by atoms with van der Waals surface area (Å²) in [5.74, 6) is 0.791. The number of amides is 3. The first-order chi connectivity index (χ1) is 11.4. The van der Waals surface area contributed by atoms with Crippen LogP contribution in [0.2, 0.25) is 0 Å². The number of ether oxygens (including phenoxy) is 1. The summed E-state index contributed by atoms with van der Waals surface area (Å²) >= 11 is 0. The molecular formula is C18H27N3O3. The van der Waals surface area contributed by atoms with E-state index in [4.69, 9.17) is 10.5 Å². The molecule has 24 heavy (non-hydrogen) atoms. The van der Waals surface area contributed by atoms with Crippen molar-refractivity contribution in [2.45, 2.75) is 45.8 Å². The number of urea groups is 1. The van der Waals surface area contributed by atoms with Gasteiger partial charge >= 0.3 is 6.03 Å². The van der Waals surface area contributed by atoms with E-state index in [1.165, 1.54) is 0 Å². The zero-order valence-corrected chi connectivity index (χ0v) is 14.6. The van der Waals surface area contributed by atoms with Crippen molar-refractivity contribution < 1.29 is 14.3 Å². The topological polar surface area (TPSA) is 84.7 Å². The van der Waals surface area contributed by atoms with Crippen molar-refractivity contribution in [2.24, 2.45) is 11.7 Å². The zero-order chi connectivity index (χ0) is 17.7. The van der Waals surface area contributed by atoms with E-state index < -0.39 is 12.1 Å². The number of carbonyl (C=O) groups excluding carboxylic acids is 2. The van der Waals surface area contributed by atoms with Crippen LogP contribution in [-0.2, 0) is 4.79 Å². The Morgan fingerprint density at radius 2 is 1.96 bits per heavy atom. The molecule has 1 heterocycles. The number of primary amides is 1. The van der Waals surface area contributed by atoms with E-state index in [0.29, 0.717) is 13.1 Å². The second-order valence-electron chi connectivity index (χ2n) is 6.69. The highest BCUT2D eigenvalue weighted by Crippen LogP contribution is 2.21. The third kappa shape index (κ3) is 4.88. The third-order valence-corrected chi connectivity index (χ3v) is 4.28. The van der Waals surface area contributed by atoms with Crippen LogP contribution in [0, 0.1) is 12.8 Å². The number of rotatable bonds is 5. The fourth-order valence-corrected chi connectivity index (χ4v) is 2.94. The van der Waals surface area contributed by atoms with E-state index >= 15 is 0 Å². The van der Waals surface area contributed by atoms with Crippen LogP contribution >= 0.6 is 0 Å². The molecule has 1 aliphatic heterocycles. The van der Waals surface area contributed by atoms with Gasteiger partial charge in [-0.1, -0.05) is 26.0 Å². The van der Waals surface area contributed by atoms with Crippen LogP contribution in [0.25, 0.3) is 0 Å². The standard InChI is InChI=1S/C18H27N3O3/c1-12(2)16(20-18(19)23)17(22)21-9-7-14(8-10-21)24-15-6-4-5-13(3)11-15/h4-6,11-12,14,16H,7-10H2,1-3H3,(H3,19,20,23)/t16-/m0/s1. The summed E-state index contributed by atoms with van der Waals surface area (Å²) < 4.78 is 6.01. The van der Waals surface area contributed by atoms with Crippen molar-refractivity contribution in [1.29, 1.82) is 0 Å². The number of nitrogens with one attached hydrogen (secondary N) is 1. The summed E-state index contributed by atoms with van der Waals surface area (Å²) in [5, 5.41) is 2.55. The Morgan fingerprint density at radius 1 is 1.29 bits per heavy atom. The van der Waals surface area contributed by atoms with E-state index in [1.807, 2.05) is 45.0 Å². The summed E-state index contributed by atoms with van der Waals surface area (Å²) in [6, 6.07) is 6.74. The monoisotopic (exact) mass is 333 g/mol. The molecule has 132 valence electrons. The first kappa shape index (κ1) is 18.1. The van der Waals surface area contributed by atoms with Crippen molar-refractivity contribution in [2.75, 3.05) is 13.1 Å². The van der Waals surface area contributed by atoms with Gasteiger partial charge in [-0.25, -0.2) is 4.79 Å². The molecule has 1 aliphatic rings. The van der Waals surface area contributed by atoms with Crippen LogP contribution in [0.3, 0.4) is 0 Å². The Bertz CT molecular complexity index is 581. The van der Waals surface area contributed by atoms with Gasteiger partial charge in [0.15, 0.2) is 0 Å². The number of hydrogen-bond donors (Lipinski definition) is 2. The highest BCUT2D eigenvalue weighted by Gasteiger charge is 2.31. The van der Waals surface area contributed by atoms with Crippen molar-refractivity contribution >= 4 is 11.9 Å². The minimum atomic E-state index is -0.667. The summed E-state index contributed by atoms with van der Waals surface area (Å²) in [5.41, 5.74) is 6.34. The first-order valence-electron chi connectivity index (χ1n) is 8.45. The molecule has 0 unspecified atom stereocenters. The van der Waals surface area contributed by atoms with Gasteiger partial charge in [0.05, 0.1) is 0 Å². The lowest BCUT2D eigenvalue weighted by atomic mass is 10.0. The highest BCUT2D eigenvalue weighted by atomic mass is 16.5. The molecule has 0 bridgehead atoms. The van der Waals surface area contributed by atoms with Crippen LogP contribution < -0.4 is 15.8 Å². The summed E-state index contributed by atoms with van der Waals surface area (Å²) in [7, 11) is 0. The van der Waals surface area contributed by atoms with Crippen LogP contribution in [-0.4, -0.2) is 42.1 Å². The highest BCUT2D eigenvalue weighted by molar-refractivity contribution is 5.86. The molecule has 0 aromatic heterocycles. The molecule has 0 spiro atoms. The molecule has 1 aromatic carbocycles. The molecule has 0 radical (unpaired) electrons. The molecule has 2 rings (SSSR count). The average molecular weight is 333 g/mol. The molecule has 1 fully saturated rings. The summed E-state index contributed by atoms with van der Waals surface area (Å²) in [4.78, 5) is 25.5. The van der Waals surface area contributed by atoms with E-state index in [9.17, 15) is 9.59 Å². The number of piperidine rings is 1. The lowest BCUT2D eigenvalue weighted by Gasteiger charge is -2.35. The first-order valence-corrected chi connectivity index (χ1v) is 8.45. The number of aryl methyl sites for hydroxylation is 1. The van der Waals surface area contributed by atoms with Crippen molar-refractivity contribution in [3.05, 3.63) is 29.8 Å². The fourth-order valence-electron chi connectivity index (χ4n) is 2.94.